The van der Waals surface area contributed by atoms with E-state index in [1.165, 1.54) is 18.5 Å². The van der Waals surface area contributed by atoms with Crippen molar-refractivity contribution in [2.75, 3.05) is 17.2 Å². The normalized spacial score (nSPS) is 10.8. The van der Waals surface area contributed by atoms with Crippen LogP contribution < -0.4 is 15.4 Å². The molecule has 1 amide bonds. The van der Waals surface area contributed by atoms with Gasteiger partial charge in [0.25, 0.3) is 0 Å². The van der Waals surface area contributed by atoms with Crippen LogP contribution >= 0.6 is 11.6 Å². The predicted molar refractivity (Wildman–Crippen MR) is 129 cm³/mol. The average Bonchev–Trinajstić information content (AvgIpc) is 2.81. The number of nitrogens with zero attached hydrogens (tertiary/aromatic N) is 2. The van der Waals surface area contributed by atoms with Crippen LogP contribution in [0.2, 0.25) is 5.02 Å². The summed E-state index contributed by atoms with van der Waals surface area (Å²) in [7, 11) is 0. The fourth-order valence-electron chi connectivity index (χ4n) is 3.28. The van der Waals surface area contributed by atoms with Gasteiger partial charge in [0, 0.05) is 23.2 Å². The third-order valence-electron chi connectivity index (χ3n) is 5.03. The summed E-state index contributed by atoms with van der Waals surface area (Å²) in [5.41, 5.74) is 3.17. The van der Waals surface area contributed by atoms with Gasteiger partial charge < -0.3 is 15.4 Å². The Morgan fingerprint density at radius 3 is 2.76 bits per heavy atom. The Balaban J connectivity index is 1.37. The maximum atomic E-state index is 13.4. The number of hydrogen-bond acceptors (Lipinski definition) is 5. The lowest BCUT2D eigenvalue weighted by molar-refractivity contribution is -0.116. The number of halogens is 2. The zero-order valence-corrected chi connectivity index (χ0v) is 18.7. The molecule has 8 heteroatoms. The number of carbonyl (C=O) groups excluding carboxylic acids is 1. The number of nitrogens with one attached hydrogen (secondary N) is 2. The molecule has 0 saturated carbocycles. The third kappa shape index (κ3) is 5.75. The number of amides is 1. The summed E-state index contributed by atoms with van der Waals surface area (Å²) in [5, 5.41) is 6.83. The van der Waals surface area contributed by atoms with Crippen molar-refractivity contribution in [3.63, 3.8) is 0 Å². The van der Waals surface area contributed by atoms with Gasteiger partial charge in [-0.15, -0.1) is 0 Å². The van der Waals surface area contributed by atoms with Crippen molar-refractivity contribution in [1.82, 2.24) is 9.97 Å². The van der Waals surface area contributed by atoms with Gasteiger partial charge in [-0.05, 0) is 61.4 Å². The number of benzene rings is 3. The second-order valence-corrected chi connectivity index (χ2v) is 7.88. The number of para-hydroxylation sites is 1. The van der Waals surface area contributed by atoms with E-state index < -0.39 is 5.82 Å². The molecule has 0 saturated heterocycles. The van der Waals surface area contributed by atoms with Gasteiger partial charge in [0.2, 0.25) is 5.91 Å². The first-order valence-corrected chi connectivity index (χ1v) is 10.8. The highest BCUT2D eigenvalue weighted by atomic mass is 35.5. The molecule has 168 valence electrons. The maximum Gasteiger partial charge on any atom is 0.224 e. The van der Waals surface area contributed by atoms with Crippen LogP contribution in [-0.2, 0) is 4.79 Å². The summed E-state index contributed by atoms with van der Waals surface area (Å²) in [6, 6.07) is 17.5. The van der Waals surface area contributed by atoms with E-state index in [0.29, 0.717) is 36.7 Å². The van der Waals surface area contributed by atoms with Gasteiger partial charge in [0.05, 0.1) is 17.1 Å². The van der Waals surface area contributed by atoms with E-state index in [-0.39, 0.29) is 10.9 Å². The molecule has 3 aromatic carbocycles. The van der Waals surface area contributed by atoms with Crippen molar-refractivity contribution < 1.29 is 13.9 Å². The average molecular weight is 465 g/mol. The molecule has 0 fully saturated rings. The number of ether oxygens (including phenoxy) is 1. The minimum absolute atomic E-state index is 0.0221. The first-order valence-electron chi connectivity index (χ1n) is 10.4. The summed E-state index contributed by atoms with van der Waals surface area (Å²) >= 11 is 5.87. The fourth-order valence-corrected chi connectivity index (χ4v) is 3.46. The monoisotopic (exact) mass is 464 g/mol. The zero-order valence-electron chi connectivity index (χ0n) is 17.9. The van der Waals surface area contributed by atoms with E-state index in [2.05, 4.69) is 20.6 Å². The van der Waals surface area contributed by atoms with Gasteiger partial charge >= 0.3 is 0 Å². The number of aromatic nitrogens is 2. The lowest BCUT2D eigenvalue weighted by atomic mass is 10.2. The van der Waals surface area contributed by atoms with Crippen LogP contribution in [0.5, 0.6) is 5.75 Å². The van der Waals surface area contributed by atoms with Crippen LogP contribution in [0.4, 0.5) is 21.6 Å². The molecule has 0 radical (unpaired) electrons. The van der Waals surface area contributed by atoms with Crippen LogP contribution in [0.15, 0.2) is 67.0 Å². The first kappa shape index (κ1) is 22.5. The second-order valence-electron chi connectivity index (χ2n) is 7.47. The molecule has 0 unspecified atom stereocenters. The van der Waals surface area contributed by atoms with Gasteiger partial charge in [0.1, 0.15) is 23.7 Å². The van der Waals surface area contributed by atoms with E-state index in [0.717, 1.165) is 22.2 Å². The quantitative estimate of drug-likeness (QED) is 0.300. The maximum absolute atomic E-state index is 13.4. The molecule has 2 N–H and O–H groups in total. The Bertz CT molecular complexity index is 1300. The first-order chi connectivity index (χ1) is 16.0. The number of carbonyl (C=O) groups is 1. The van der Waals surface area contributed by atoms with Crippen LogP contribution in [0, 0.1) is 12.7 Å². The molecule has 4 aromatic rings. The summed E-state index contributed by atoms with van der Waals surface area (Å²) in [5.74, 6) is 0.643. The summed E-state index contributed by atoms with van der Waals surface area (Å²) in [4.78, 5) is 20.8. The van der Waals surface area contributed by atoms with Gasteiger partial charge in [-0.25, -0.2) is 14.4 Å². The Kier molecular flexibility index (Phi) is 7.00. The van der Waals surface area contributed by atoms with Crippen molar-refractivity contribution in [1.29, 1.82) is 0 Å². The highest BCUT2D eigenvalue weighted by Crippen LogP contribution is 2.28. The SMILES string of the molecule is Cc1ccccc1NC(=O)CCCOc1ccc2ncnc(Nc3ccc(F)c(Cl)c3)c2c1. The van der Waals surface area contributed by atoms with Gasteiger partial charge in [-0.2, -0.15) is 0 Å². The Morgan fingerprint density at radius 2 is 1.94 bits per heavy atom. The molecule has 0 bridgehead atoms. The molecule has 0 aliphatic heterocycles. The van der Waals surface area contributed by atoms with E-state index in [4.69, 9.17) is 16.3 Å². The number of fused-ring (bicyclic) bond motifs is 1. The van der Waals surface area contributed by atoms with Crippen molar-refractivity contribution in [2.45, 2.75) is 19.8 Å². The Morgan fingerprint density at radius 1 is 1.09 bits per heavy atom. The topological polar surface area (TPSA) is 76.1 Å². The molecular weight excluding hydrogens is 443 g/mol. The van der Waals surface area contributed by atoms with E-state index in [1.807, 2.05) is 49.4 Å². The minimum Gasteiger partial charge on any atom is -0.494 e. The fraction of sp³-hybridized carbons (Fsp3) is 0.160. The van der Waals surface area contributed by atoms with Gasteiger partial charge in [0.15, 0.2) is 0 Å². The molecule has 6 nitrogen and oxygen atoms in total. The minimum atomic E-state index is -0.488. The van der Waals surface area contributed by atoms with E-state index >= 15 is 0 Å². The molecule has 1 aromatic heterocycles. The standard InChI is InChI=1S/C25H22ClFN4O2/c1-16-5-2-3-6-22(16)31-24(32)7-4-12-33-18-9-11-23-19(14-18)25(29-15-28-23)30-17-8-10-21(27)20(26)13-17/h2-3,5-6,8-11,13-15H,4,7,12H2,1H3,(H,31,32)(H,28,29,30). The highest BCUT2D eigenvalue weighted by molar-refractivity contribution is 6.31. The van der Waals surface area contributed by atoms with Crippen molar-refractivity contribution in [3.8, 4) is 5.75 Å². The van der Waals surface area contributed by atoms with Crippen molar-refractivity contribution in [2.24, 2.45) is 0 Å². The molecule has 1 heterocycles. The largest absolute Gasteiger partial charge is 0.494 e. The van der Waals surface area contributed by atoms with Gasteiger partial charge in [-0.3, -0.25) is 4.79 Å². The Hall–Kier alpha value is -3.71. The number of anilines is 3. The lowest BCUT2D eigenvalue weighted by Crippen LogP contribution is -2.13. The third-order valence-corrected chi connectivity index (χ3v) is 5.31. The molecule has 0 atom stereocenters. The molecular formula is C25H22ClFN4O2. The molecule has 0 aliphatic carbocycles. The lowest BCUT2D eigenvalue weighted by Gasteiger charge is -2.11. The van der Waals surface area contributed by atoms with Crippen LogP contribution in [0.3, 0.4) is 0 Å². The molecule has 33 heavy (non-hydrogen) atoms. The highest BCUT2D eigenvalue weighted by Gasteiger charge is 2.09. The summed E-state index contributed by atoms with van der Waals surface area (Å²) < 4.78 is 19.3. The zero-order chi connectivity index (χ0) is 23.2. The molecule has 4 rings (SSSR count). The summed E-state index contributed by atoms with van der Waals surface area (Å²) in [6.45, 7) is 2.34. The van der Waals surface area contributed by atoms with Crippen molar-refractivity contribution in [3.05, 3.63) is 83.4 Å². The van der Waals surface area contributed by atoms with Crippen LogP contribution in [0.25, 0.3) is 10.9 Å². The summed E-state index contributed by atoms with van der Waals surface area (Å²) in [6.07, 6.45) is 2.37. The van der Waals surface area contributed by atoms with Crippen LogP contribution in [-0.4, -0.2) is 22.5 Å². The molecule has 0 aliphatic rings. The van der Waals surface area contributed by atoms with Gasteiger partial charge in [-0.1, -0.05) is 29.8 Å². The number of rotatable bonds is 8. The van der Waals surface area contributed by atoms with Crippen LogP contribution in [0.1, 0.15) is 18.4 Å². The van der Waals surface area contributed by atoms with E-state index in [1.54, 1.807) is 6.07 Å². The number of hydrogen-bond donors (Lipinski definition) is 2. The predicted octanol–water partition coefficient (Wildman–Crippen LogP) is 6.27. The molecule has 0 spiro atoms. The smallest absolute Gasteiger partial charge is 0.224 e. The second kappa shape index (κ2) is 10.3. The Labute approximate surface area is 195 Å². The van der Waals surface area contributed by atoms with E-state index in [9.17, 15) is 9.18 Å². The number of aryl methyl sites for hydroxylation is 1. The van der Waals surface area contributed by atoms with Crippen molar-refractivity contribution >= 4 is 45.6 Å².